The average molecular weight is 308 g/mol. The van der Waals surface area contributed by atoms with E-state index in [1.807, 2.05) is 6.92 Å². The van der Waals surface area contributed by atoms with Gasteiger partial charge in [0.05, 0.1) is 6.61 Å². The minimum atomic E-state index is -0.946. The van der Waals surface area contributed by atoms with Crippen molar-refractivity contribution >= 4 is 0 Å². The molecule has 0 saturated carbocycles. The summed E-state index contributed by atoms with van der Waals surface area (Å²) in [5, 5.41) is 0. The van der Waals surface area contributed by atoms with Crippen LogP contribution in [0.5, 0.6) is 5.75 Å². The zero-order valence-electron chi connectivity index (χ0n) is 12.8. The SMILES string of the molecule is CCCCOc1ccc(-c2ccc(CC)c(F)c2F)cc1F. The van der Waals surface area contributed by atoms with Crippen molar-refractivity contribution in [3.8, 4) is 16.9 Å². The molecule has 0 aliphatic heterocycles. The van der Waals surface area contributed by atoms with Crippen LogP contribution in [0.25, 0.3) is 11.1 Å². The van der Waals surface area contributed by atoms with Crippen molar-refractivity contribution in [2.75, 3.05) is 6.61 Å². The van der Waals surface area contributed by atoms with Crippen LogP contribution in [0.2, 0.25) is 0 Å². The van der Waals surface area contributed by atoms with E-state index in [9.17, 15) is 13.2 Å². The first-order valence-corrected chi connectivity index (χ1v) is 7.48. The largest absolute Gasteiger partial charge is 0.491 e. The number of halogens is 3. The second-order valence-electron chi connectivity index (χ2n) is 5.10. The minimum absolute atomic E-state index is 0.0497. The van der Waals surface area contributed by atoms with Crippen molar-refractivity contribution in [1.29, 1.82) is 0 Å². The molecule has 0 fully saturated rings. The van der Waals surface area contributed by atoms with Crippen LogP contribution in [0.15, 0.2) is 30.3 Å². The summed E-state index contributed by atoms with van der Waals surface area (Å²) >= 11 is 0. The van der Waals surface area contributed by atoms with Crippen LogP contribution >= 0.6 is 0 Å². The third-order valence-electron chi connectivity index (χ3n) is 3.54. The summed E-state index contributed by atoms with van der Waals surface area (Å²) in [7, 11) is 0. The van der Waals surface area contributed by atoms with E-state index >= 15 is 0 Å². The lowest BCUT2D eigenvalue weighted by molar-refractivity contribution is 0.294. The number of rotatable bonds is 6. The van der Waals surface area contributed by atoms with Gasteiger partial charge in [0, 0.05) is 5.56 Å². The molecule has 2 rings (SSSR count). The third kappa shape index (κ3) is 3.43. The van der Waals surface area contributed by atoms with Gasteiger partial charge >= 0.3 is 0 Å². The topological polar surface area (TPSA) is 9.23 Å². The van der Waals surface area contributed by atoms with Gasteiger partial charge < -0.3 is 4.74 Å². The van der Waals surface area contributed by atoms with Crippen molar-refractivity contribution in [3.05, 3.63) is 53.3 Å². The average Bonchev–Trinajstić information content (AvgIpc) is 2.52. The van der Waals surface area contributed by atoms with Crippen LogP contribution in [0, 0.1) is 17.5 Å². The molecule has 0 aromatic heterocycles. The van der Waals surface area contributed by atoms with Crippen LogP contribution in [0.1, 0.15) is 32.3 Å². The number of aryl methyl sites for hydroxylation is 1. The molecule has 0 atom stereocenters. The second-order valence-corrected chi connectivity index (χ2v) is 5.10. The Morgan fingerprint density at radius 1 is 0.955 bits per heavy atom. The lowest BCUT2D eigenvalue weighted by Crippen LogP contribution is -1.99. The first kappa shape index (κ1) is 16.4. The standard InChI is InChI=1S/C18H19F3O/c1-3-5-10-22-16-9-7-13(11-15(16)19)14-8-6-12(4-2)17(20)18(14)21/h6-9,11H,3-5,10H2,1-2H3. The van der Waals surface area contributed by atoms with E-state index in [1.54, 1.807) is 6.92 Å². The lowest BCUT2D eigenvalue weighted by Gasteiger charge is -2.10. The number of unbranched alkanes of at least 4 members (excludes halogenated alkanes) is 1. The van der Waals surface area contributed by atoms with Gasteiger partial charge in [-0.1, -0.05) is 38.5 Å². The Labute approximate surface area is 128 Å². The fourth-order valence-corrected chi connectivity index (χ4v) is 2.20. The van der Waals surface area contributed by atoms with Crippen molar-refractivity contribution in [3.63, 3.8) is 0 Å². The highest BCUT2D eigenvalue weighted by Crippen LogP contribution is 2.30. The normalized spacial score (nSPS) is 10.8. The highest BCUT2D eigenvalue weighted by Gasteiger charge is 2.15. The molecule has 1 nitrogen and oxygen atoms in total. The molecular formula is C18H19F3O. The number of benzene rings is 2. The second kappa shape index (κ2) is 7.34. The fourth-order valence-electron chi connectivity index (χ4n) is 2.20. The molecule has 22 heavy (non-hydrogen) atoms. The van der Waals surface area contributed by atoms with Gasteiger partial charge in [-0.05, 0) is 36.1 Å². The van der Waals surface area contributed by atoms with Gasteiger partial charge in [-0.15, -0.1) is 0 Å². The van der Waals surface area contributed by atoms with Crippen molar-refractivity contribution in [2.24, 2.45) is 0 Å². The first-order chi connectivity index (χ1) is 10.6. The van der Waals surface area contributed by atoms with Crippen LogP contribution in [0.4, 0.5) is 13.2 Å². The Kier molecular flexibility index (Phi) is 5.47. The van der Waals surface area contributed by atoms with Gasteiger partial charge in [0.25, 0.3) is 0 Å². The van der Waals surface area contributed by atoms with Crippen molar-refractivity contribution in [1.82, 2.24) is 0 Å². The van der Waals surface area contributed by atoms with E-state index in [4.69, 9.17) is 4.74 Å². The summed E-state index contributed by atoms with van der Waals surface area (Å²) in [4.78, 5) is 0. The van der Waals surface area contributed by atoms with Gasteiger partial charge in [0.1, 0.15) is 0 Å². The number of hydrogen-bond donors (Lipinski definition) is 0. The number of ether oxygens (including phenoxy) is 1. The molecule has 2 aromatic carbocycles. The van der Waals surface area contributed by atoms with Crippen LogP contribution in [0.3, 0.4) is 0 Å². The molecule has 0 aliphatic rings. The van der Waals surface area contributed by atoms with Gasteiger partial charge in [0.2, 0.25) is 0 Å². The van der Waals surface area contributed by atoms with E-state index in [0.29, 0.717) is 24.2 Å². The number of hydrogen-bond acceptors (Lipinski definition) is 1. The molecule has 0 amide bonds. The van der Waals surface area contributed by atoms with Crippen LogP contribution < -0.4 is 4.74 Å². The van der Waals surface area contributed by atoms with Crippen LogP contribution in [-0.4, -0.2) is 6.61 Å². The maximum Gasteiger partial charge on any atom is 0.166 e. The molecule has 0 saturated heterocycles. The molecule has 2 aromatic rings. The van der Waals surface area contributed by atoms with Gasteiger partial charge in [-0.25, -0.2) is 13.2 Å². The van der Waals surface area contributed by atoms with E-state index < -0.39 is 17.5 Å². The predicted octanol–water partition coefficient (Wildman–Crippen LogP) is 5.51. The molecule has 0 aliphatic carbocycles. The van der Waals surface area contributed by atoms with Crippen molar-refractivity contribution < 1.29 is 17.9 Å². The summed E-state index contributed by atoms with van der Waals surface area (Å²) in [5.74, 6) is -2.27. The Bertz CT molecular complexity index is 653. The molecule has 0 N–H and O–H groups in total. The molecule has 0 unspecified atom stereocenters. The highest BCUT2D eigenvalue weighted by molar-refractivity contribution is 5.65. The first-order valence-electron chi connectivity index (χ1n) is 7.48. The smallest absolute Gasteiger partial charge is 0.166 e. The van der Waals surface area contributed by atoms with E-state index in [-0.39, 0.29) is 11.3 Å². The summed E-state index contributed by atoms with van der Waals surface area (Å²) in [6.07, 6.45) is 2.19. The summed E-state index contributed by atoms with van der Waals surface area (Å²) < 4.78 is 47.2. The zero-order valence-corrected chi connectivity index (χ0v) is 12.8. The fraction of sp³-hybridized carbons (Fsp3) is 0.333. The van der Waals surface area contributed by atoms with Gasteiger partial charge in [0.15, 0.2) is 23.2 Å². The van der Waals surface area contributed by atoms with Crippen LogP contribution in [-0.2, 0) is 6.42 Å². The Morgan fingerprint density at radius 2 is 1.73 bits per heavy atom. The highest BCUT2D eigenvalue weighted by atomic mass is 19.2. The van der Waals surface area contributed by atoms with Gasteiger partial charge in [-0.2, -0.15) is 0 Å². The molecular weight excluding hydrogens is 289 g/mol. The van der Waals surface area contributed by atoms with E-state index in [1.165, 1.54) is 30.3 Å². The molecule has 118 valence electrons. The van der Waals surface area contributed by atoms with E-state index in [2.05, 4.69) is 0 Å². The summed E-state index contributed by atoms with van der Waals surface area (Å²) in [5.41, 5.74) is 0.648. The minimum Gasteiger partial charge on any atom is -0.491 e. The van der Waals surface area contributed by atoms with Gasteiger partial charge in [-0.3, -0.25) is 0 Å². The molecule has 0 spiro atoms. The zero-order chi connectivity index (χ0) is 16.1. The summed E-state index contributed by atoms with van der Waals surface area (Å²) in [6, 6.07) is 7.16. The Balaban J connectivity index is 2.30. The quantitative estimate of drug-likeness (QED) is 0.639. The maximum absolute atomic E-state index is 14.1. The van der Waals surface area contributed by atoms with E-state index in [0.717, 1.165) is 12.8 Å². The molecule has 0 radical (unpaired) electrons. The molecule has 0 bridgehead atoms. The monoisotopic (exact) mass is 308 g/mol. The van der Waals surface area contributed by atoms with Crippen molar-refractivity contribution in [2.45, 2.75) is 33.1 Å². The Morgan fingerprint density at radius 3 is 2.36 bits per heavy atom. The Hall–Kier alpha value is -1.97. The third-order valence-corrected chi connectivity index (χ3v) is 3.54. The maximum atomic E-state index is 14.1. The molecule has 0 heterocycles. The molecule has 4 heteroatoms. The summed E-state index contributed by atoms with van der Waals surface area (Å²) in [6.45, 7) is 4.20. The predicted molar refractivity (Wildman–Crippen MR) is 81.5 cm³/mol. The lowest BCUT2D eigenvalue weighted by atomic mass is 10.0.